The number of aliphatic hydroxyl groups excluding tert-OH is 1. The van der Waals surface area contributed by atoms with E-state index in [9.17, 15) is 5.11 Å². The van der Waals surface area contributed by atoms with Gasteiger partial charge in [0.1, 0.15) is 0 Å². The van der Waals surface area contributed by atoms with Crippen molar-refractivity contribution in [2.75, 3.05) is 6.54 Å². The maximum Gasteiger partial charge on any atom is 0.0870 e. The minimum Gasteiger partial charge on any atom is -0.388 e. The summed E-state index contributed by atoms with van der Waals surface area (Å²) in [7, 11) is 0. The summed E-state index contributed by atoms with van der Waals surface area (Å²) in [5.74, 6) is -0.0927. The van der Waals surface area contributed by atoms with E-state index in [1.165, 1.54) is 0 Å². The number of hydrogen-bond acceptors (Lipinski definition) is 2. The van der Waals surface area contributed by atoms with E-state index in [4.69, 9.17) is 5.73 Å². The van der Waals surface area contributed by atoms with E-state index in [0.29, 0.717) is 6.54 Å². The molecular weight excluding hydrogens is 290 g/mol. The predicted octanol–water partition coefficient (Wildman–Crippen LogP) is 3.23. The molecule has 18 heavy (non-hydrogen) atoms. The molecule has 0 saturated heterocycles. The molecule has 0 aliphatic rings. The highest BCUT2D eigenvalue weighted by molar-refractivity contribution is 9.10. The van der Waals surface area contributed by atoms with Crippen LogP contribution in [0.5, 0.6) is 0 Å². The van der Waals surface area contributed by atoms with Gasteiger partial charge in [-0.1, -0.05) is 58.4 Å². The summed E-state index contributed by atoms with van der Waals surface area (Å²) in [6.07, 6.45) is -0.578. The van der Waals surface area contributed by atoms with Gasteiger partial charge in [0.05, 0.1) is 6.10 Å². The highest BCUT2D eigenvalue weighted by atomic mass is 79.9. The third-order valence-electron chi connectivity index (χ3n) is 3.05. The summed E-state index contributed by atoms with van der Waals surface area (Å²) in [6.45, 7) is 0.409. The first-order valence-corrected chi connectivity index (χ1v) is 6.70. The quantitative estimate of drug-likeness (QED) is 0.911. The van der Waals surface area contributed by atoms with Crippen molar-refractivity contribution in [3.05, 3.63) is 70.2 Å². The number of benzene rings is 2. The summed E-state index contributed by atoms with van der Waals surface area (Å²) >= 11 is 3.44. The fourth-order valence-corrected chi connectivity index (χ4v) is 2.48. The molecule has 2 aromatic carbocycles. The van der Waals surface area contributed by atoms with E-state index in [-0.39, 0.29) is 5.92 Å². The van der Waals surface area contributed by atoms with Crippen LogP contribution in [0.25, 0.3) is 0 Å². The zero-order valence-electron chi connectivity index (χ0n) is 9.96. The molecule has 0 saturated carbocycles. The second-order valence-electron chi connectivity index (χ2n) is 4.25. The molecule has 0 amide bonds. The fourth-order valence-electron chi connectivity index (χ4n) is 2.07. The standard InChI is InChI=1S/C15H16BrNO/c16-13-8-4-7-12(9-13)14(10-17)15(18)11-5-2-1-3-6-11/h1-9,14-15,18H,10,17H2. The van der Waals surface area contributed by atoms with Crippen molar-refractivity contribution >= 4 is 15.9 Å². The molecule has 0 fully saturated rings. The molecule has 0 aromatic heterocycles. The Morgan fingerprint density at radius 3 is 2.28 bits per heavy atom. The highest BCUT2D eigenvalue weighted by Gasteiger charge is 2.21. The Kier molecular flexibility index (Phi) is 4.53. The minimum atomic E-state index is -0.578. The predicted molar refractivity (Wildman–Crippen MR) is 77.3 cm³/mol. The summed E-state index contributed by atoms with van der Waals surface area (Å²) in [6, 6.07) is 17.5. The monoisotopic (exact) mass is 305 g/mol. The van der Waals surface area contributed by atoms with E-state index in [2.05, 4.69) is 15.9 Å². The average molecular weight is 306 g/mol. The van der Waals surface area contributed by atoms with Gasteiger partial charge in [-0.25, -0.2) is 0 Å². The van der Waals surface area contributed by atoms with Gasteiger partial charge >= 0.3 is 0 Å². The topological polar surface area (TPSA) is 46.2 Å². The van der Waals surface area contributed by atoms with Gasteiger partial charge in [0.15, 0.2) is 0 Å². The molecule has 2 nitrogen and oxygen atoms in total. The zero-order valence-corrected chi connectivity index (χ0v) is 11.5. The van der Waals surface area contributed by atoms with Gasteiger partial charge in [0.2, 0.25) is 0 Å². The first-order chi connectivity index (χ1) is 8.72. The second-order valence-corrected chi connectivity index (χ2v) is 5.17. The number of rotatable bonds is 4. The van der Waals surface area contributed by atoms with Crippen LogP contribution in [0.2, 0.25) is 0 Å². The first kappa shape index (κ1) is 13.3. The van der Waals surface area contributed by atoms with Gasteiger partial charge in [-0.15, -0.1) is 0 Å². The van der Waals surface area contributed by atoms with Crippen molar-refractivity contribution < 1.29 is 5.11 Å². The molecule has 94 valence electrons. The van der Waals surface area contributed by atoms with E-state index in [1.54, 1.807) is 0 Å². The lowest BCUT2D eigenvalue weighted by Gasteiger charge is -2.22. The lowest BCUT2D eigenvalue weighted by Crippen LogP contribution is -2.20. The number of hydrogen-bond donors (Lipinski definition) is 2. The van der Waals surface area contributed by atoms with Crippen molar-refractivity contribution in [2.45, 2.75) is 12.0 Å². The Morgan fingerprint density at radius 1 is 1.00 bits per heavy atom. The third kappa shape index (κ3) is 2.99. The SMILES string of the molecule is NCC(c1cccc(Br)c1)C(O)c1ccccc1. The smallest absolute Gasteiger partial charge is 0.0870 e. The lowest BCUT2D eigenvalue weighted by atomic mass is 9.89. The van der Waals surface area contributed by atoms with E-state index in [0.717, 1.165) is 15.6 Å². The highest BCUT2D eigenvalue weighted by Crippen LogP contribution is 2.31. The van der Waals surface area contributed by atoms with Crippen LogP contribution in [0.4, 0.5) is 0 Å². The van der Waals surface area contributed by atoms with Crippen LogP contribution in [-0.4, -0.2) is 11.7 Å². The summed E-state index contributed by atoms with van der Waals surface area (Å²) in [5, 5.41) is 10.4. The molecule has 0 aliphatic carbocycles. The molecule has 0 aliphatic heterocycles. The molecule has 0 bridgehead atoms. The third-order valence-corrected chi connectivity index (χ3v) is 3.55. The average Bonchev–Trinajstić information content (AvgIpc) is 2.40. The van der Waals surface area contributed by atoms with Gasteiger partial charge in [-0.2, -0.15) is 0 Å². The van der Waals surface area contributed by atoms with Gasteiger partial charge in [0.25, 0.3) is 0 Å². The van der Waals surface area contributed by atoms with E-state index < -0.39 is 6.10 Å². The Bertz CT molecular complexity index is 501. The number of halogens is 1. The van der Waals surface area contributed by atoms with E-state index in [1.807, 2.05) is 54.6 Å². The van der Waals surface area contributed by atoms with Crippen LogP contribution in [0.15, 0.2) is 59.1 Å². The Morgan fingerprint density at radius 2 is 1.67 bits per heavy atom. The maximum atomic E-state index is 10.4. The zero-order chi connectivity index (χ0) is 13.0. The van der Waals surface area contributed by atoms with Crippen LogP contribution in [0, 0.1) is 0 Å². The van der Waals surface area contributed by atoms with Crippen LogP contribution in [0.3, 0.4) is 0 Å². The van der Waals surface area contributed by atoms with Crippen molar-refractivity contribution in [1.82, 2.24) is 0 Å². The Hall–Kier alpha value is -1.16. The van der Waals surface area contributed by atoms with E-state index >= 15 is 0 Å². The second kappa shape index (κ2) is 6.14. The molecule has 0 heterocycles. The molecule has 2 unspecified atom stereocenters. The van der Waals surface area contributed by atoms with Crippen molar-refractivity contribution in [3.8, 4) is 0 Å². The van der Waals surface area contributed by atoms with Gasteiger partial charge in [-0.3, -0.25) is 0 Å². The van der Waals surface area contributed by atoms with Gasteiger partial charge in [0, 0.05) is 16.9 Å². The molecular formula is C15H16BrNO. The Labute approximate surface area is 116 Å². The Balaban J connectivity index is 2.29. The molecule has 0 spiro atoms. The number of aliphatic hydroxyl groups is 1. The van der Waals surface area contributed by atoms with Crippen molar-refractivity contribution in [3.63, 3.8) is 0 Å². The molecule has 2 atom stereocenters. The van der Waals surface area contributed by atoms with Crippen LogP contribution < -0.4 is 5.73 Å². The minimum absolute atomic E-state index is 0.0927. The lowest BCUT2D eigenvalue weighted by molar-refractivity contribution is 0.147. The maximum absolute atomic E-state index is 10.4. The van der Waals surface area contributed by atoms with Crippen LogP contribution >= 0.6 is 15.9 Å². The summed E-state index contributed by atoms with van der Waals surface area (Å²) in [4.78, 5) is 0. The van der Waals surface area contributed by atoms with Crippen LogP contribution in [-0.2, 0) is 0 Å². The van der Waals surface area contributed by atoms with Crippen molar-refractivity contribution in [1.29, 1.82) is 0 Å². The molecule has 3 N–H and O–H groups in total. The van der Waals surface area contributed by atoms with Gasteiger partial charge in [-0.05, 0) is 23.3 Å². The molecule has 0 radical (unpaired) electrons. The van der Waals surface area contributed by atoms with Crippen LogP contribution in [0.1, 0.15) is 23.1 Å². The fraction of sp³-hybridized carbons (Fsp3) is 0.200. The molecule has 2 rings (SSSR count). The van der Waals surface area contributed by atoms with Gasteiger partial charge < -0.3 is 10.8 Å². The normalized spacial score (nSPS) is 14.2. The summed E-state index contributed by atoms with van der Waals surface area (Å²) < 4.78 is 0.999. The molecule has 3 heteroatoms. The first-order valence-electron chi connectivity index (χ1n) is 5.91. The largest absolute Gasteiger partial charge is 0.388 e. The van der Waals surface area contributed by atoms with Crippen molar-refractivity contribution in [2.24, 2.45) is 5.73 Å². The molecule has 2 aromatic rings. The number of nitrogens with two attached hydrogens (primary N) is 1. The summed E-state index contributed by atoms with van der Waals surface area (Å²) in [5.41, 5.74) is 7.76.